The van der Waals surface area contributed by atoms with E-state index >= 15 is 0 Å². The molecule has 3 aromatic rings. The zero-order valence-electron chi connectivity index (χ0n) is 18.9. The highest BCUT2D eigenvalue weighted by molar-refractivity contribution is 14.0. The summed E-state index contributed by atoms with van der Waals surface area (Å²) in [6, 6.07) is 13.4. The fourth-order valence-electron chi connectivity index (χ4n) is 3.18. The van der Waals surface area contributed by atoms with Gasteiger partial charge in [0.25, 0.3) is 0 Å². The van der Waals surface area contributed by atoms with Gasteiger partial charge in [-0.15, -0.1) is 34.2 Å². The highest BCUT2D eigenvalue weighted by atomic mass is 127. The van der Waals surface area contributed by atoms with Crippen LogP contribution in [-0.4, -0.2) is 51.4 Å². The van der Waals surface area contributed by atoms with E-state index in [1.165, 1.54) is 0 Å². The first-order chi connectivity index (χ1) is 15.1. The van der Waals surface area contributed by atoms with Gasteiger partial charge in [-0.2, -0.15) is 0 Å². The zero-order chi connectivity index (χ0) is 22.1. The first-order valence-corrected chi connectivity index (χ1v) is 10.8. The number of ether oxygens (including phenoxy) is 1. The van der Waals surface area contributed by atoms with Crippen LogP contribution in [0.1, 0.15) is 44.7 Å². The van der Waals surface area contributed by atoms with Crippen LogP contribution in [0.4, 0.5) is 0 Å². The van der Waals surface area contributed by atoms with E-state index in [0.717, 1.165) is 48.7 Å². The molecule has 2 heterocycles. The number of fused-ring (bicyclic) bond motifs is 1. The lowest BCUT2D eigenvalue weighted by atomic mass is 10.1. The second-order valence-corrected chi connectivity index (χ2v) is 7.55. The molecule has 0 aliphatic carbocycles. The summed E-state index contributed by atoms with van der Waals surface area (Å²) < 4.78 is 7.65. The van der Waals surface area contributed by atoms with Gasteiger partial charge in [-0.05, 0) is 57.0 Å². The number of nitrogens with zero attached hydrogens (tertiary/aromatic N) is 4. The number of aliphatic hydroxyl groups excluding tert-OH is 1. The van der Waals surface area contributed by atoms with Crippen LogP contribution in [0.15, 0.2) is 53.7 Å². The number of aromatic nitrogens is 3. The topological polar surface area (TPSA) is 96.1 Å². The molecule has 0 radical (unpaired) electrons. The SMILES string of the molecule is CCNC(=NCC(O)c1ccc(OC(C)C)cc1)NCCCc1nnc2ccccn12.I. The molecule has 0 saturated heterocycles. The van der Waals surface area contributed by atoms with Gasteiger partial charge in [0.2, 0.25) is 0 Å². The van der Waals surface area contributed by atoms with E-state index in [2.05, 4.69) is 25.8 Å². The Morgan fingerprint density at radius 2 is 1.91 bits per heavy atom. The van der Waals surface area contributed by atoms with E-state index in [1.54, 1.807) is 0 Å². The molecule has 0 aliphatic rings. The van der Waals surface area contributed by atoms with Gasteiger partial charge in [0, 0.05) is 25.7 Å². The number of pyridine rings is 1. The monoisotopic (exact) mass is 552 g/mol. The van der Waals surface area contributed by atoms with E-state index in [-0.39, 0.29) is 36.6 Å². The summed E-state index contributed by atoms with van der Waals surface area (Å²) in [6.07, 6.45) is 3.13. The highest BCUT2D eigenvalue weighted by Gasteiger charge is 2.09. The number of hydrogen-bond acceptors (Lipinski definition) is 5. The van der Waals surface area contributed by atoms with Crippen LogP contribution >= 0.6 is 24.0 Å². The van der Waals surface area contributed by atoms with Gasteiger partial charge in [-0.3, -0.25) is 9.39 Å². The molecule has 3 N–H and O–H groups in total. The van der Waals surface area contributed by atoms with Crippen LogP contribution in [-0.2, 0) is 6.42 Å². The van der Waals surface area contributed by atoms with Crippen LogP contribution in [0.2, 0.25) is 0 Å². The van der Waals surface area contributed by atoms with Crippen LogP contribution in [0, 0.1) is 0 Å². The smallest absolute Gasteiger partial charge is 0.191 e. The Morgan fingerprint density at radius 3 is 2.62 bits per heavy atom. The molecule has 0 fully saturated rings. The van der Waals surface area contributed by atoms with Crippen molar-refractivity contribution in [3.05, 3.63) is 60.0 Å². The normalized spacial score (nSPS) is 12.5. The lowest BCUT2D eigenvalue weighted by Gasteiger charge is -2.14. The number of hydrogen-bond donors (Lipinski definition) is 3. The maximum absolute atomic E-state index is 10.5. The maximum atomic E-state index is 10.5. The number of guanidine groups is 1. The molecule has 0 amide bonds. The van der Waals surface area contributed by atoms with Gasteiger partial charge in [0.15, 0.2) is 11.6 Å². The van der Waals surface area contributed by atoms with Crippen molar-refractivity contribution in [2.24, 2.45) is 4.99 Å². The lowest BCUT2D eigenvalue weighted by Crippen LogP contribution is -2.38. The molecule has 32 heavy (non-hydrogen) atoms. The molecule has 8 nitrogen and oxygen atoms in total. The molecular formula is C23H33IN6O2. The van der Waals surface area contributed by atoms with Crippen molar-refractivity contribution in [1.29, 1.82) is 0 Å². The fourth-order valence-corrected chi connectivity index (χ4v) is 3.18. The quantitative estimate of drug-likeness (QED) is 0.155. The van der Waals surface area contributed by atoms with Crippen molar-refractivity contribution in [3.8, 4) is 5.75 Å². The van der Waals surface area contributed by atoms with E-state index in [9.17, 15) is 5.11 Å². The molecule has 0 spiro atoms. The van der Waals surface area contributed by atoms with Gasteiger partial charge in [-0.25, -0.2) is 0 Å². The summed E-state index contributed by atoms with van der Waals surface area (Å²) in [5, 5.41) is 25.5. The summed E-state index contributed by atoms with van der Waals surface area (Å²) in [5.74, 6) is 2.43. The van der Waals surface area contributed by atoms with Crippen molar-refractivity contribution in [2.45, 2.75) is 45.8 Å². The average Bonchev–Trinajstić information content (AvgIpc) is 3.18. The molecular weight excluding hydrogens is 519 g/mol. The largest absolute Gasteiger partial charge is 0.491 e. The number of nitrogens with one attached hydrogen (secondary N) is 2. The molecule has 0 aliphatic heterocycles. The minimum atomic E-state index is -0.675. The van der Waals surface area contributed by atoms with Gasteiger partial charge < -0.3 is 20.5 Å². The molecule has 1 unspecified atom stereocenters. The Morgan fingerprint density at radius 1 is 1.12 bits per heavy atom. The maximum Gasteiger partial charge on any atom is 0.191 e. The van der Waals surface area contributed by atoms with Crippen molar-refractivity contribution in [1.82, 2.24) is 25.2 Å². The average molecular weight is 552 g/mol. The predicted octanol–water partition coefficient (Wildman–Crippen LogP) is 3.36. The van der Waals surface area contributed by atoms with Crippen LogP contribution in [0.5, 0.6) is 5.75 Å². The Kier molecular flexibility index (Phi) is 10.7. The molecule has 2 aromatic heterocycles. The van der Waals surface area contributed by atoms with Crippen LogP contribution in [0.3, 0.4) is 0 Å². The summed E-state index contributed by atoms with van der Waals surface area (Å²) in [4.78, 5) is 4.53. The second-order valence-electron chi connectivity index (χ2n) is 7.55. The first-order valence-electron chi connectivity index (χ1n) is 10.8. The van der Waals surface area contributed by atoms with Crippen molar-refractivity contribution in [2.75, 3.05) is 19.6 Å². The molecule has 9 heteroatoms. The molecule has 1 atom stereocenters. The summed E-state index contributed by atoms with van der Waals surface area (Å²) in [6.45, 7) is 7.75. The minimum absolute atomic E-state index is 0. The number of benzene rings is 1. The fraction of sp³-hybridized carbons (Fsp3) is 0.435. The number of aryl methyl sites for hydroxylation is 1. The molecule has 3 rings (SSSR count). The van der Waals surface area contributed by atoms with E-state index in [1.807, 2.05) is 73.8 Å². The van der Waals surface area contributed by atoms with Gasteiger partial charge in [-0.1, -0.05) is 18.2 Å². The second kappa shape index (κ2) is 13.2. The van der Waals surface area contributed by atoms with Crippen molar-refractivity contribution < 1.29 is 9.84 Å². The van der Waals surface area contributed by atoms with E-state index in [0.29, 0.717) is 5.96 Å². The number of halogens is 1. The Balaban J connectivity index is 0.00000363. The third kappa shape index (κ3) is 7.63. The van der Waals surface area contributed by atoms with Crippen molar-refractivity contribution in [3.63, 3.8) is 0 Å². The van der Waals surface area contributed by atoms with Crippen LogP contribution < -0.4 is 15.4 Å². The molecule has 1 aromatic carbocycles. The summed E-state index contributed by atoms with van der Waals surface area (Å²) >= 11 is 0. The van der Waals surface area contributed by atoms with E-state index < -0.39 is 6.10 Å². The number of rotatable bonds is 10. The third-order valence-corrected chi connectivity index (χ3v) is 4.66. The molecule has 0 bridgehead atoms. The Bertz CT molecular complexity index is 974. The summed E-state index contributed by atoms with van der Waals surface area (Å²) in [5.41, 5.74) is 1.67. The van der Waals surface area contributed by atoms with E-state index in [4.69, 9.17) is 4.74 Å². The van der Waals surface area contributed by atoms with Gasteiger partial charge in [0.05, 0.1) is 18.8 Å². The third-order valence-electron chi connectivity index (χ3n) is 4.66. The lowest BCUT2D eigenvalue weighted by molar-refractivity contribution is 0.186. The Hall–Kier alpha value is -2.40. The molecule has 0 saturated carbocycles. The predicted molar refractivity (Wildman–Crippen MR) is 138 cm³/mol. The van der Waals surface area contributed by atoms with Crippen LogP contribution in [0.25, 0.3) is 5.65 Å². The van der Waals surface area contributed by atoms with Gasteiger partial charge >= 0.3 is 0 Å². The zero-order valence-corrected chi connectivity index (χ0v) is 21.2. The first kappa shape index (κ1) is 25.9. The summed E-state index contributed by atoms with van der Waals surface area (Å²) in [7, 11) is 0. The van der Waals surface area contributed by atoms with Gasteiger partial charge in [0.1, 0.15) is 11.6 Å². The van der Waals surface area contributed by atoms with Crippen molar-refractivity contribution >= 4 is 35.6 Å². The molecule has 174 valence electrons. The highest BCUT2D eigenvalue weighted by Crippen LogP contribution is 2.19. The Labute approximate surface area is 206 Å². The number of aliphatic imine (C=N–C) groups is 1. The number of aliphatic hydroxyl groups is 1. The minimum Gasteiger partial charge on any atom is -0.491 e. The standard InChI is InChI=1S/C23H32N6O2.HI/c1-4-24-23(25-14-7-9-22-28-27-21-8-5-6-15-29(21)22)26-16-20(30)18-10-12-19(13-11-18)31-17(2)3;/h5-6,8,10-13,15,17,20,30H,4,7,9,14,16H2,1-3H3,(H2,24,25,26);1H.